The topological polar surface area (TPSA) is 64.9 Å². The van der Waals surface area contributed by atoms with Gasteiger partial charge in [-0.3, -0.25) is 4.98 Å². The van der Waals surface area contributed by atoms with Gasteiger partial charge in [0.05, 0.1) is 11.3 Å². The number of nitrogens with zero attached hydrogens (tertiary/aromatic N) is 2. The molecule has 2 rings (SSSR count). The molecule has 0 bridgehead atoms. The summed E-state index contributed by atoms with van der Waals surface area (Å²) >= 11 is 0. The van der Waals surface area contributed by atoms with Crippen LogP contribution in [0, 0.1) is 0 Å². The van der Waals surface area contributed by atoms with Crippen LogP contribution in [0.3, 0.4) is 0 Å². The Morgan fingerprint density at radius 2 is 2.17 bits per heavy atom. The summed E-state index contributed by atoms with van der Waals surface area (Å²) in [6, 6.07) is 3.87. The van der Waals surface area contributed by atoms with Crippen LogP contribution in [-0.2, 0) is 6.42 Å². The second-order valence-corrected chi connectivity index (χ2v) is 4.42. The van der Waals surface area contributed by atoms with E-state index in [1.54, 1.807) is 12.4 Å². The predicted octanol–water partition coefficient (Wildman–Crippen LogP) is 3.44. The molecule has 0 aliphatic carbocycles. The van der Waals surface area contributed by atoms with Crippen LogP contribution in [-0.4, -0.2) is 10.1 Å². The van der Waals surface area contributed by atoms with Crippen molar-refractivity contribution in [3.63, 3.8) is 0 Å². The first kappa shape index (κ1) is 12.6. The number of nitrogen functional groups attached to an aromatic ring is 1. The van der Waals surface area contributed by atoms with E-state index >= 15 is 0 Å². The molecular formula is C14H19N3O. The van der Waals surface area contributed by atoms with Gasteiger partial charge in [0.2, 0.25) is 5.88 Å². The summed E-state index contributed by atoms with van der Waals surface area (Å²) < 4.78 is 5.11. The molecule has 0 saturated carbocycles. The third-order valence-electron chi connectivity index (χ3n) is 3.01. The van der Waals surface area contributed by atoms with E-state index < -0.39 is 0 Å². The third kappa shape index (κ3) is 2.88. The molecule has 2 N–H and O–H groups in total. The first-order valence-corrected chi connectivity index (χ1v) is 6.47. The Labute approximate surface area is 107 Å². The maximum absolute atomic E-state index is 5.85. The van der Waals surface area contributed by atoms with Crippen LogP contribution in [0.2, 0.25) is 0 Å². The number of hydrogen-bond donors (Lipinski definition) is 1. The minimum absolute atomic E-state index is 0.383. The Balaban J connectivity index is 2.12. The summed E-state index contributed by atoms with van der Waals surface area (Å²) in [4.78, 5) is 4.11. The van der Waals surface area contributed by atoms with Crippen LogP contribution in [0.25, 0.3) is 11.1 Å². The number of nitrogens with two attached hydrogens (primary N) is 1. The molecule has 4 nitrogen and oxygen atoms in total. The molecule has 96 valence electrons. The molecule has 2 heterocycles. The Morgan fingerprint density at radius 3 is 2.89 bits per heavy atom. The van der Waals surface area contributed by atoms with Crippen molar-refractivity contribution in [2.24, 2.45) is 0 Å². The quantitative estimate of drug-likeness (QED) is 0.792. The molecule has 0 saturated heterocycles. The van der Waals surface area contributed by atoms with Crippen LogP contribution < -0.4 is 5.73 Å². The predicted molar refractivity (Wildman–Crippen MR) is 72.0 cm³/mol. The first-order valence-electron chi connectivity index (χ1n) is 6.47. The van der Waals surface area contributed by atoms with Crippen molar-refractivity contribution >= 4 is 5.88 Å². The third-order valence-corrected chi connectivity index (χ3v) is 3.01. The van der Waals surface area contributed by atoms with Crippen LogP contribution in [0.15, 0.2) is 29.0 Å². The Kier molecular flexibility index (Phi) is 4.34. The molecule has 0 aliphatic heterocycles. The zero-order valence-corrected chi connectivity index (χ0v) is 10.7. The van der Waals surface area contributed by atoms with Gasteiger partial charge in [0, 0.05) is 18.0 Å². The largest absolute Gasteiger partial charge is 0.367 e. The number of unbranched alkanes of at least 4 members (excludes halogenated alkanes) is 3. The average molecular weight is 245 g/mol. The van der Waals surface area contributed by atoms with Crippen LogP contribution in [0.1, 0.15) is 38.3 Å². The summed E-state index contributed by atoms with van der Waals surface area (Å²) in [6.07, 6.45) is 9.27. The highest BCUT2D eigenvalue weighted by atomic mass is 16.5. The standard InChI is InChI=1S/C14H19N3O/c1-2-3-4-5-8-12-13(14(15)18-17-12)11-7-6-9-16-10-11/h6-7,9-10H,2-5,8,15H2,1H3. The fourth-order valence-corrected chi connectivity index (χ4v) is 2.05. The van der Waals surface area contributed by atoms with Crippen molar-refractivity contribution in [1.29, 1.82) is 0 Å². The van der Waals surface area contributed by atoms with E-state index in [1.165, 1.54) is 19.3 Å². The van der Waals surface area contributed by atoms with Gasteiger partial charge in [0.1, 0.15) is 0 Å². The highest BCUT2D eigenvalue weighted by Gasteiger charge is 2.15. The molecule has 0 unspecified atom stereocenters. The molecule has 0 spiro atoms. The smallest absolute Gasteiger partial charge is 0.230 e. The second kappa shape index (κ2) is 6.19. The molecule has 0 radical (unpaired) electrons. The SMILES string of the molecule is CCCCCCc1noc(N)c1-c1cccnc1. The molecule has 0 fully saturated rings. The van der Waals surface area contributed by atoms with E-state index in [1.807, 2.05) is 12.1 Å². The Morgan fingerprint density at radius 1 is 1.28 bits per heavy atom. The number of hydrogen-bond acceptors (Lipinski definition) is 4. The van der Waals surface area contributed by atoms with E-state index in [0.29, 0.717) is 5.88 Å². The van der Waals surface area contributed by atoms with Crippen molar-refractivity contribution in [1.82, 2.24) is 10.1 Å². The second-order valence-electron chi connectivity index (χ2n) is 4.42. The van der Waals surface area contributed by atoms with Gasteiger partial charge in [0.25, 0.3) is 0 Å². The van der Waals surface area contributed by atoms with E-state index in [-0.39, 0.29) is 0 Å². The van der Waals surface area contributed by atoms with Gasteiger partial charge in [-0.05, 0) is 18.9 Å². The van der Waals surface area contributed by atoms with E-state index in [9.17, 15) is 0 Å². The lowest BCUT2D eigenvalue weighted by molar-refractivity contribution is 0.426. The molecule has 0 aliphatic rings. The van der Waals surface area contributed by atoms with Gasteiger partial charge in [-0.25, -0.2) is 0 Å². The van der Waals surface area contributed by atoms with Gasteiger partial charge in [0.15, 0.2) is 0 Å². The highest BCUT2D eigenvalue weighted by Crippen LogP contribution is 2.29. The summed E-state index contributed by atoms with van der Waals surface area (Å²) in [5.74, 6) is 0.383. The molecule has 0 amide bonds. The Bertz CT molecular complexity index is 479. The van der Waals surface area contributed by atoms with Crippen molar-refractivity contribution in [3.8, 4) is 11.1 Å². The minimum atomic E-state index is 0.383. The number of pyridine rings is 1. The summed E-state index contributed by atoms with van der Waals surface area (Å²) in [5.41, 5.74) is 8.66. The number of rotatable bonds is 6. The number of aryl methyl sites for hydroxylation is 1. The Hall–Kier alpha value is -1.84. The first-order chi connectivity index (χ1) is 8.83. The van der Waals surface area contributed by atoms with E-state index in [2.05, 4.69) is 17.1 Å². The summed E-state index contributed by atoms with van der Waals surface area (Å²) in [6.45, 7) is 2.20. The van der Waals surface area contributed by atoms with Crippen molar-refractivity contribution in [3.05, 3.63) is 30.2 Å². The van der Waals surface area contributed by atoms with Crippen molar-refractivity contribution in [2.75, 3.05) is 5.73 Å². The van der Waals surface area contributed by atoms with Crippen LogP contribution in [0.4, 0.5) is 5.88 Å². The lowest BCUT2D eigenvalue weighted by atomic mass is 10.0. The normalized spacial score (nSPS) is 10.7. The molecule has 18 heavy (non-hydrogen) atoms. The highest BCUT2D eigenvalue weighted by molar-refractivity contribution is 5.74. The van der Waals surface area contributed by atoms with Crippen LogP contribution >= 0.6 is 0 Å². The van der Waals surface area contributed by atoms with Gasteiger partial charge < -0.3 is 10.3 Å². The van der Waals surface area contributed by atoms with E-state index in [4.69, 9.17) is 10.3 Å². The maximum atomic E-state index is 5.85. The van der Waals surface area contributed by atoms with E-state index in [0.717, 1.165) is 29.7 Å². The lowest BCUT2D eigenvalue weighted by Gasteiger charge is -2.01. The zero-order chi connectivity index (χ0) is 12.8. The number of aromatic nitrogens is 2. The monoisotopic (exact) mass is 245 g/mol. The average Bonchev–Trinajstić information content (AvgIpc) is 2.77. The zero-order valence-electron chi connectivity index (χ0n) is 10.7. The maximum Gasteiger partial charge on any atom is 0.230 e. The molecule has 0 atom stereocenters. The van der Waals surface area contributed by atoms with Gasteiger partial charge in [-0.15, -0.1) is 0 Å². The molecule has 4 heteroatoms. The summed E-state index contributed by atoms with van der Waals surface area (Å²) in [5, 5.41) is 4.06. The fraction of sp³-hybridized carbons (Fsp3) is 0.429. The molecule has 0 aromatic carbocycles. The number of anilines is 1. The van der Waals surface area contributed by atoms with Crippen LogP contribution in [0.5, 0.6) is 0 Å². The molecular weight excluding hydrogens is 226 g/mol. The lowest BCUT2D eigenvalue weighted by Crippen LogP contribution is -1.92. The van der Waals surface area contributed by atoms with Gasteiger partial charge >= 0.3 is 0 Å². The van der Waals surface area contributed by atoms with Gasteiger partial charge in [-0.1, -0.05) is 37.4 Å². The van der Waals surface area contributed by atoms with Crippen molar-refractivity contribution < 1.29 is 4.52 Å². The molecule has 2 aromatic rings. The minimum Gasteiger partial charge on any atom is -0.367 e. The van der Waals surface area contributed by atoms with Gasteiger partial charge in [-0.2, -0.15) is 0 Å². The van der Waals surface area contributed by atoms with Crippen molar-refractivity contribution in [2.45, 2.75) is 39.0 Å². The summed E-state index contributed by atoms with van der Waals surface area (Å²) in [7, 11) is 0. The molecule has 2 aromatic heterocycles. The fourth-order valence-electron chi connectivity index (χ4n) is 2.05.